The number of pyridine rings is 1. The number of nitrogens with one attached hydrogen (secondary N) is 1. The van der Waals surface area contributed by atoms with Gasteiger partial charge in [0.1, 0.15) is 0 Å². The molecule has 3 rings (SSSR count). The number of nitrogens with zero attached hydrogens (tertiary/aromatic N) is 3. The summed E-state index contributed by atoms with van der Waals surface area (Å²) < 4.78 is 13.9. The maximum Gasteiger partial charge on any atom is 0.318 e. The number of carbonyl (C=O) groups excluding carboxylic acids is 1. The summed E-state index contributed by atoms with van der Waals surface area (Å²) in [5, 5.41) is 3.63. The third-order valence-electron chi connectivity index (χ3n) is 4.69. The van der Waals surface area contributed by atoms with Crippen LogP contribution in [0.4, 0.5) is 14.9 Å². The van der Waals surface area contributed by atoms with Gasteiger partial charge in [0.05, 0.1) is 17.9 Å². The molecule has 1 aromatic carbocycles. The van der Waals surface area contributed by atoms with Gasteiger partial charge in [0.2, 0.25) is 0 Å². The number of carbonyl (C=O) groups is 1. The van der Waals surface area contributed by atoms with Crippen LogP contribution in [0.1, 0.15) is 25.5 Å². The van der Waals surface area contributed by atoms with Crippen LogP contribution in [0.15, 0.2) is 42.7 Å². The summed E-state index contributed by atoms with van der Waals surface area (Å²) in [6.07, 6.45) is 2.79. The fourth-order valence-corrected chi connectivity index (χ4v) is 3.57. The van der Waals surface area contributed by atoms with Gasteiger partial charge in [-0.1, -0.05) is 29.8 Å². The van der Waals surface area contributed by atoms with Gasteiger partial charge in [0, 0.05) is 36.9 Å². The average molecular weight is 377 g/mol. The van der Waals surface area contributed by atoms with Crippen LogP contribution >= 0.6 is 11.6 Å². The standard InChI is InChI=1S/C19H22ClFN4O/c1-13-12-24(18-7-8-22-11-17(18)21)9-10-25(13)19(26)23-14(2)15-5-3-4-6-16(15)20/h3-8,11,13-14H,9-10,12H2,1-2H3,(H,23,26)/t13-,14-/m1/s1. The highest BCUT2D eigenvalue weighted by molar-refractivity contribution is 6.31. The second-order valence-corrected chi connectivity index (χ2v) is 6.92. The molecule has 0 bridgehead atoms. The Kier molecular flexibility index (Phi) is 5.61. The van der Waals surface area contributed by atoms with E-state index in [-0.39, 0.29) is 23.9 Å². The minimum absolute atomic E-state index is 0.0465. The number of piperazine rings is 1. The summed E-state index contributed by atoms with van der Waals surface area (Å²) in [5.74, 6) is -0.343. The number of anilines is 1. The van der Waals surface area contributed by atoms with E-state index in [1.54, 1.807) is 17.2 Å². The zero-order valence-corrected chi connectivity index (χ0v) is 15.6. The van der Waals surface area contributed by atoms with E-state index in [2.05, 4.69) is 10.3 Å². The smallest absolute Gasteiger partial charge is 0.318 e. The van der Waals surface area contributed by atoms with Gasteiger partial charge in [-0.3, -0.25) is 4.98 Å². The lowest BCUT2D eigenvalue weighted by atomic mass is 10.1. The Morgan fingerprint density at radius 1 is 1.35 bits per heavy atom. The molecule has 0 spiro atoms. The molecule has 0 aliphatic carbocycles. The van der Waals surface area contributed by atoms with Crippen LogP contribution in [-0.2, 0) is 0 Å². The number of amides is 2. The van der Waals surface area contributed by atoms with Gasteiger partial charge >= 0.3 is 6.03 Å². The van der Waals surface area contributed by atoms with E-state index in [4.69, 9.17) is 11.6 Å². The van der Waals surface area contributed by atoms with Gasteiger partial charge in [-0.2, -0.15) is 0 Å². The summed E-state index contributed by atoms with van der Waals surface area (Å²) in [6.45, 7) is 5.52. The molecule has 2 atom stereocenters. The quantitative estimate of drug-likeness (QED) is 0.885. The Hall–Kier alpha value is -2.34. The van der Waals surface area contributed by atoms with Crippen molar-refractivity contribution in [2.75, 3.05) is 24.5 Å². The molecule has 0 unspecified atom stereocenters. The van der Waals surface area contributed by atoms with Gasteiger partial charge in [0.25, 0.3) is 0 Å². The van der Waals surface area contributed by atoms with Crippen molar-refractivity contribution >= 4 is 23.3 Å². The van der Waals surface area contributed by atoms with Crippen molar-refractivity contribution in [2.45, 2.75) is 25.9 Å². The third-order valence-corrected chi connectivity index (χ3v) is 5.04. The molecule has 5 nitrogen and oxygen atoms in total. The third kappa shape index (κ3) is 3.90. The molecule has 1 fully saturated rings. The number of hydrogen-bond acceptors (Lipinski definition) is 3. The van der Waals surface area contributed by atoms with Gasteiger partial charge in [-0.05, 0) is 31.5 Å². The van der Waals surface area contributed by atoms with Gasteiger partial charge in [-0.15, -0.1) is 0 Å². The van der Waals surface area contributed by atoms with Crippen molar-refractivity contribution in [1.29, 1.82) is 0 Å². The lowest BCUT2D eigenvalue weighted by Crippen LogP contribution is -2.57. The van der Waals surface area contributed by atoms with Crippen molar-refractivity contribution in [3.8, 4) is 0 Å². The molecule has 2 heterocycles. The second-order valence-electron chi connectivity index (χ2n) is 6.51. The first-order valence-corrected chi connectivity index (χ1v) is 9.01. The zero-order chi connectivity index (χ0) is 18.7. The number of rotatable bonds is 3. The van der Waals surface area contributed by atoms with E-state index in [9.17, 15) is 9.18 Å². The lowest BCUT2D eigenvalue weighted by Gasteiger charge is -2.41. The summed E-state index contributed by atoms with van der Waals surface area (Å²) in [5.41, 5.74) is 1.41. The van der Waals surface area contributed by atoms with E-state index in [0.717, 1.165) is 5.56 Å². The molecular formula is C19H22ClFN4O. The summed E-state index contributed by atoms with van der Waals surface area (Å²) in [7, 11) is 0. The second kappa shape index (κ2) is 7.91. The van der Waals surface area contributed by atoms with E-state index >= 15 is 0 Å². The monoisotopic (exact) mass is 376 g/mol. The Labute approximate surface area is 157 Å². The minimum Gasteiger partial charge on any atom is -0.365 e. The zero-order valence-electron chi connectivity index (χ0n) is 14.8. The number of benzene rings is 1. The molecule has 0 saturated carbocycles. The van der Waals surface area contributed by atoms with Crippen LogP contribution < -0.4 is 10.2 Å². The fraction of sp³-hybridized carbons (Fsp3) is 0.368. The molecule has 138 valence electrons. The molecule has 26 heavy (non-hydrogen) atoms. The Morgan fingerprint density at radius 3 is 2.81 bits per heavy atom. The van der Waals surface area contributed by atoms with Crippen LogP contribution in [0.5, 0.6) is 0 Å². The van der Waals surface area contributed by atoms with E-state index < -0.39 is 0 Å². The van der Waals surface area contributed by atoms with Crippen LogP contribution in [-0.4, -0.2) is 41.6 Å². The van der Waals surface area contributed by atoms with Crippen LogP contribution in [0, 0.1) is 5.82 Å². The number of urea groups is 1. The van der Waals surface area contributed by atoms with Crippen molar-refractivity contribution in [3.63, 3.8) is 0 Å². The summed E-state index contributed by atoms with van der Waals surface area (Å²) in [6, 6.07) is 8.75. The van der Waals surface area contributed by atoms with E-state index in [0.29, 0.717) is 30.3 Å². The molecular weight excluding hydrogens is 355 g/mol. The first-order valence-electron chi connectivity index (χ1n) is 8.63. The first-order chi connectivity index (χ1) is 12.5. The number of halogens is 2. The van der Waals surface area contributed by atoms with Gasteiger partial charge < -0.3 is 15.1 Å². The maximum absolute atomic E-state index is 13.9. The normalized spacial score (nSPS) is 18.5. The molecule has 2 amide bonds. The Bertz CT molecular complexity index is 788. The average Bonchev–Trinajstić information content (AvgIpc) is 2.62. The minimum atomic E-state index is -0.343. The molecule has 7 heteroatoms. The molecule has 1 saturated heterocycles. The maximum atomic E-state index is 13.9. The lowest BCUT2D eigenvalue weighted by molar-refractivity contribution is 0.168. The SMILES string of the molecule is C[C@@H]1CN(c2ccncc2F)CCN1C(=O)N[C@H](C)c1ccccc1Cl. The largest absolute Gasteiger partial charge is 0.365 e. The highest BCUT2D eigenvalue weighted by Crippen LogP contribution is 2.24. The fourth-order valence-electron chi connectivity index (χ4n) is 3.27. The highest BCUT2D eigenvalue weighted by atomic mass is 35.5. The molecule has 1 N–H and O–H groups in total. The topological polar surface area (TPSA) is 48.5 Å². The molecule has 1 aliphatic rings. The Balaban J connectivity index is 1.63. The van der Waals surface area contributed by atoms with Crippen LogP contribution in [0.25, 0.3) is 0 Å². The van der Waals surface area contributed by atoms with Crippen molar-refractivity contribution in [2.24, 2.45) is 0 Å². The number of aromatic nitrogens is 1. The van der Waals surface area contributed by atoms with Crippen molar-refractivity contribution in [3.05, 3.63) is 59.1 Å². The Morgan fingerprint density at radius 2 is 2.12 bits per heavy atom. The highest BCUT2D eigenvalue weighted by Gasteiger charge is 2.29. The van der Waals surface area contributed by atoms with Gasteiger partial charge in [0.15, 0.2) is 5.82 Å². The molecule has 2 aromatic rings. The van der Waals surface area contributed by atoms with Crippen molar-refractivity contribution < 1.29 is 9.18 Å². The van der Waals surface area contributed by atoms with Crippen LogP contribution in [0.3, 0.4) is 0 Å². The summed E-state index contributed by atoms with van der Waals surface area (Å²) in [4.78, 5) is 20.2. The van der Waals surface area contributed by atoms with Crippen LogP contribution in [0.2, 0.25) is 5.02 Å². The molecule has 0 radical (unpaired) electrons. The van der Waals surface area contributed by atoms with Crippen molar-refractivity contribution in [1.82, 2.24) is 15.2 Å². The molecule has 1 aliphatic heterocycles. The number of hydrogen-bond donors (Lipinski definition) is 1. The predicted molar refractivity (Wildman–Crippen MR) is 101 cm³/mol. The molecule has 1 aromatic heterocycles. The van der Waals surface area contributed by atoms with E-state index in [1.165, 1.54) is 6.20 Å². The van der Waals surface area contributed by atoms with Gasteiger partial charge in [-0.25, -0.2) is 9.18 Å². The predicted octanol–water partition coefficient (Wildman–Crippen LogP) is 3.86. The summed E-state index contributed by atoms with van der Waals surface area (Å²) >= 11 is 6.21. The van der Waals surface area contributed by atoms with E-state index in [1.807, 2.05) is 43.0 Å². The first kappa shape index (κ1) is 18.5.